The van der Waals surface area contributed by atoms with Crippen LogP contribution in [0.5, 0.6) is 5.75 Å². The summed E-state index contributed by atoms with van der Waals surface area (Å²) in [5.74, 6) is 1.50. The Morgan fingerprint density at radius 1 is 0.690 bits per heavy atom. The first-order valence-electron chi connectivity index (χ1n) is 11.5. The molecule has 0 radical (unpaired) electrons. The van der Waals surface area contributed by atoms with Crippen molar-refractivity contribution in [2.75, 3.05) is 0 Å². The van der Waals surface area contributed by atoms with E-state index in [1.165, 1.54) is 86.5 Å². The van der Waals surface area contributed by atoms with Crippen molar-refractivity contribution in [3.8, 4) is 5.75 Å². The second kappa shape index (κ2) is 9.11. The highest BCUT2D eigenvalue weighted by atomic mass is 16.3. The highest BCUT2D eigenvalue weighted by Gasteiger charge is 2.19. The van der Waals surface area contributed by atoms with Gasteiger partial charge in [0.1, 0.15) is 11.4 Å². The summed E-state index contributed by atoms with van der Waals surface area (Å²) in [7, 11) is 0. The molecule has 0 atom stereocenters. The van der Waals surface area contributed by atoms with Crippen LogP contribution >= 0.6 is 0 Å². The predicted octanol–water partition coefficient (Wildman–Crippen LogP) is 8.52. The van der Waals surface area contributed by atoms with Gasteiger partial charge < -0.3 is 5.11 Å². The van der Waals surface area contributed by atoms with Gasteiger partial charge in [0.05, 0.1) is 5.69 Å². The average Bonchev–Trinajstić information content (AvgIpc) is 2.76. The van der Waals surface area contributed by atoms with Crippen molar-refractivity contribution in [2.24, 2.45) is 10.2 Å². The molecule has 0 aromatic heterocycles. The van der Waals surface area contributed by atoms with Gasteiger partial charge >= 0.3 is 0 Å². The fraction of sp³-hybridized carbons (Fsp3) is 0.538. The number of phenols is 1. The topological polar surface area (TPSA) is 45.0 Å². The Hall–Kier alpha value is -2.16. The van der Waals surface area contributed by atoms with Crippen LogP contribution in [0.3, 0.4) is 0 Å². The van der Waals surface area contributed by atoms with E-state index in [1.807, 2.05) is 6.07 Å². The molecule has 0 bridgehead atoms. The summed E-state index contributed by atoms with van der Waals surface area (Å²) < 4.78 is 0. The van der Waals surface area contributed by atoms with Gasteiger partial charge in [0.2, 0.25) is 0 Å². The summed E-state index contributed by atoms with van der Waals surface area (Å²) in [5, 5.41) is 19.3. The second-order valence-electron chi connectivity index (χ2n) is 9.11. The third-order valence-electron chi connectivity index (χ3n) is 6.97. The Morgan fingerprint density at radius 2 is 1.31 bits per heavy atom. The Balaban J connectivity index is 1.56. The van der Waals surface area contributed by atoms with Crippen LogP contribution in [0.4, 0.5) is 11.4 Å². The molecule has 2 aliphatic rings. The van der Waals surface area contributed by atoms with E-state index < -0.39 is 0 Å². The van der Waals surface area contributed by atoms with Crippen molar-refractivity contribution >= 4 is 11.4 Å². The molecule has 0 aliphatic heterocycles. The molecule has 2 aromatic carbocycles. The smallest absolute Gasteiger partial charge is 0.143 e. The number of aromatic hydroxyl groups is 1. The molecule has 2 saturated carbocycles. The van der Waals surface area contributed by atoms with Gasteiger partial charge in [0.15, 0.2) is 0 Å². The molecular weight excluding hydrogens is 356 g/mol. The first kappa shape index (κ1) is 20.1. The second-order valence-corrected chi connectivity index (χ2v) is 9.11. The maximum absolute atomic E-state index is 10.3. The van der Waals surface area contributed by atoms with E-state index in [9.17, 15) is 5.11 Å². The van der Waals surface area contributed by atoms with Gasteiger partial charge in [0.25, 0.3) is 0 Å². The number of azo groups is 1. The van der Waals surface area contributed by atoms with Crippen molar-refractivity contribution < 1.29 is 5.11 Å². The maximum atomic E-state index is 10.3. The molecule has 2 aromatic rings. The summed E-state index contributed by atoms with van der Waals surface area (Å²) in [6.07, 6.45) is 13.1. The Labute approximate surface area is 175 Å². The molecule has 0 amide bonds. The molecule has 2 fully saturated rings. The summed E-state index contributed by atoms with van der Waals surface area (Å²) >= 11 is 0. The lowest BCUT2D eigenvalue weighted by Crippen LogP contribution is -2.06. The zero-order valence-electron chi connectivity index (χ0n) is 18.0. The van der Waals surface area contributed by atoms with Gasteiger partial charge in [-0.05, 0) is 91.8 Å². The summed E-state index contributed by atoms with van der Waals surface area (Å²) in [6, 6.07) is 10.4. The molecule has 0 saturated heterocycles. The molecule has 4 rings (SSSR count). The van der Waals surface area contributed by atoms with E-state index in [2.05, 4.69) is 42.3 Å². The van der Waals surface area contributed by atoms with Gasteiger partial charge in [-0.15, -0.1) is 5.11 Å². The van der Waals surface area contributed by atoms with Gasteiger partial charge in [-0.2, -0.15) is 5.11 Å². The standard InChI is InChI=1S/C26H34N2O/c1-18-16-24(19(2)15-23(18)21-11-7-4-8-12-21)27-28-25-17-22(13-14-26(25)29)20-9-5-3-6-10-20/h13-17,20-21,29H,3-12H2,1-2H3/b28-27+. The normalized spacial score (nSPS) is 19.1. The summed E-state index contributed by atoms with van der Waals surface area (Å²) in [4.78, 5) is 0. The van der Waals surface area contributed by atoms with Gasteiger partial charge in [-0.25, -0.2) is 0 Å². The quantitative estimate of drug-likeness (QED) is 0.522. The van der Waals surface area contributed by atoms with Crippen molar-refractivity contribution in [3.05, 3.63) is 52.6 Å². The van der Waals surface area contributed by atoms with Crippen molar-refractivity contribution in [3.63, 3.8) is 0 Å². The van der Waals surface area contributed by atoms with Crippen LogP contribution in [0.25, 0.3) is 0 Å². The van der Waals surface area contributed by atoms with Crippen LogP contribution in [0, 0.1) is 13.8 Å². The van der Waals surface area contributed by atoms with Gasteiger partial charge in [-0.3, -0.25) is 0 Å². The minimum atomic E-state index is 0.210. The lowest BCUT2D eigenvalue weighted by molar-refractivity contribution is 0.442. The minimum Gasteiger partial charge on any atom is -0.506 e. The van der Waals surface area contributed by atoms with E-state index in [0.29, 0.717) is 17.5 Å². The predicted molar refractivity (Wildman–Crippen MR) is 120 cm³/mol. The molecule has 154 valence electrons. The largest absolute Gasteiger partial charge is 0.506 e. The monoisotopic (exact) mass is 390 g/mol. The minimum absolute atomic E-state index is 0.210. The molecular formula is C26H34N2O. The molecule has 0 unspecified atom stereocenters. The Morgan fingerprint density at radius 3 is 2.00 bits per heavy atom. The highest BCUT2D eigenvalue weighted by Crippen LogP contribution is 2.39. The van der Waals surface area contributed by atoms with Crippen LogP contribution in [0.2, 0.25) is 0 Å². The zero-order chi connectivity index (χ0) is 20.2. The summed E-state index contributed by atoms with van der Waals surface area (Å²) in [6.45, 7) is 4.32. The fourth-order valence-electron chi connectivity index (χ4n) is 5.20. The van der Waals surface area contributed by atoms with Crippen LogP contribution in [0.15, 0.2) is 40.6 Å². The molecule has 1 N–H and O–H groups in total. The van der Waals surface area contributed by atoms with E-state index in [1.54, 1.807) is 6.07 Å². The number of aryl methyl sites for hydroxylation is 2. The number of phenolic OH excluding ortho intramolecular Hbond substituents is 1. The number of benzene rings is 2. The van der Waals surface area contributed by atoms with Gasteiger partial charge in [0, 0.05) is 0 Å². The van der Waals surface area contributed by atoms with Crippen molar-refractivity contribution in [2.45, 2.75) is 89.9 Å². The molecule has 2 aliphatic carbocycles. The van der Waals surface area contributed by atoms with E-state index in [4.69, 9.17) is 0 Å². The Bertz CT molecular complexity index is 875. The SMILES string of the molecule is Cc1cc(C2CCCCC2)c(C)cc1/N=N/c1cc(C2CCCCC2)ccc1O. The molecule has 3 nitrogen and oxygen atoms in total. The molecule has 0 spiro atoms. The van der Waals surface area contributed by atoms with Crippen LogP contribution in [-0.4, -0.2) is 5.11 Å². The van der Waals surface area contributed by atoms with Crippen LogP contribution in [0.1, 0.15) is 98.3 Å². The van der Waals surface area contributed by atoms with Crippen molar-refractivity contribution in [1.82, 2.24) is 0 Å². The third kappa shape index (κ3) is 4.71. The maximum Gasteiger partial charge on any atom is 0.143 e. The number of hydrogen-bond acceptors (Lipinski definition) is 3. The molecule has 3 heteroatoms. The first-order valence-corrected chi connectivity index (χ1v) is 11.5. The number of hydrogen-bond donors (Lipinski definition) is 1. The van der Waals surface area contributed by atoms with Crippen LogP contribution in [-0.2, 0) is 0 Å². The van der Waals surface area contributed by atoms with Gasteiger partial charge in [-0.1, -0.05) is 50.7 Å². The third-order valence-corrected chi connectivity index (χ3v) is 6.97. The number of nitrogens with zero attached hydrogens (tertiary/aromatic N) is 2. The molecule has 0 heterocycles. The van der Waals surface area contributed by atoms with E-state index >= 15 is 0 Å². The lowest BCUT2D eigenvalue weighted by atomic mass is 9.81. The average molecular weight is 391 g/mol. The number of rotatable bonds is 4. The fourth-order valence-corrected chi connectivity index (χ4v) is 5.20. The molecule has 29 heavy (non-hydrogen) atoms. The van der Waals surface area contributed by atoms with E-state index in [0.717, 1.165) is 5.69 Å². The van der Waals surface area contributed by atoms with E-state index in [-0.39, 0.29) is 5.75 Å². The zero-order valence-corrected chi connectivity index (χ0v) is 18.0. The van der Waals surface area contributed by atoms with Crippen molar-refractivity contribution in [1.29, 1.82) is 0 Å². The Kier molecular flexibility index (Phi) is 6.32. The highest BCUT2D eigenvalue weighted by molar-refractivity contribution is 5.55. The summed E-state index contributed by atoms with van der Waals surface area (Å²) in [5.41, 5.74) is 6.76. The lowest BCUT2D eigenvalue weighted by Gasteiger charge is -2.24. The first-order chi connectivity index (χ1) is 14.1. The van der Waals surface area contributed by atoms with Crippen LogP contribution < -0.4 is 0 Å².